The number of halogens is 1. The second kappa shape index (κ2) is 10.3. The van der Waals surface area contributed by atoms with Crippen LogP contribution in [0.4, 0.5) is 0 Å². The molecule has 0 radical (unpaired) electrons. The number of aromatic nitrogens is 4. The summed E-state index contributed by atoms with van der Waals surface area (Å²) < 4.78 is 13.0. The first-order chi connectivity index (χ1) is 17.0. The Kier molecular flexibility index (Phi) is 6.96. The monoisotopic (exact) mass is 527 g/mol. The van der Waals surface area contributed by atoms with Crippen molar-refractivity contribution in [2.75, 3.05) is 20.3 Å². The third-order valence-corrected chi connectivity index (χ3v) is 7.84. The van der Waals surface area contributed by atoms with E-state index in [4.69, 9.17) is 20.8 Å². The Bertz CT molecular complexity index is 1460. The highest BCUT2D eigenvalue weighted by atomic mass is 35.5. The Labute approximate surface area is 214 Å². The molecule has 0 bridgehead atoms. The minimum Gasteiger partial charge on any atom is -0.418 e. The van der Waals surface area contributed by atoms with Crippen molar-refractivity contribution in [3.8, 4) is 10.8 Å². The van der Waals surface area contributed by atoms with E-state index in [1.165, 1.54) is 22.7 Å². The summed E-state index contributed by atoms with van der Waals surface area (Å²) in [5.74, 6) is 0.703. The van der Waals surface area contributed by atoms with Gasteiger partial charge in [0, 0.05) is 24.1 Å². The van der Waals surface area contributed by atoms with Gasteiger partial charge in [0.15, 0.2) is 0 Å². The van der Waals surface area contributed by atoms with Gasteiger partial charge in [-0.2, -0.15) is 5.10 Å². The largest absolute Gasteiger partial charge is 0.418 e. The van der Waals surface area contributed by atoms with Gasteiger partial charge in [0.05, 0.1) is 35.1 Å². The number of methoxy groups -OCH3 is 1. The van der Waals surface area contributed by atoms with Gasteiger partial charge in [-0.3, -0.25) is 9.48 Å². The maximum atomic E-state index is 13.5. The number of carbonyl (C=O) groups is 1. The molecule has 0 spiro atoms. The standard InChI is InChI=1S/C24H22ClN5O3S2/c1-15-17-12-20(35-24(17)30(28-15)13-16-6-3-4-7-18(16)25)23(31)29(9-10-32-2)14-21-26-27-22(33-21)19-8-5-11-34-19/h3-8,11-12H,9-10,13-14H2,1-2H3. The van der Waals surface area contributed by atoms with Gasteiger partial charge < -0.3 is 14.1 Å². The van der Waals surface area contributed by atoms with Gasteiger partial charge in [0.2, 0.25) is 5.89 Å². The van der Waals surface area contributed by atoms with Gasteiger partial charge in [0.25, 0.3) is 11.8 Å². The second-order valence-electron chi connectivity index (χ2n) is 7.86. The van der Waals surface area contributed by atoms with Crippen LogP contribution in [0, 0.1) is 6.92 Å². The molecule has 8 nitrogen and oxygen atoms in total. The lowest BCUT2D eigenvalue weighted by molar-refractivity contribution is 0.0668. The smallest absolute Gasteiger partial charge is 0.264 e. The summed E-state index contributed by atoms with van der Waals surface area (Å²) in [6.07, 6.45) is 0. The maximum absolute atomic E-state index is 13.5. The summed E-state index contributed by atoms with van der Waals surface area (Å²) in [7, 11) is 1.61. The molecule has 0 atom stereocenters. The predicted molar refractivity (Wildman–Crippen MR) is 137 cm³/mol. The van der Waals surface area contributed by atoms with Crippen LogP contribution < -0.4 is 0 Å². The van der Waals surface area contributed by atoms with Crippen LogP contribution in [0.1, 0.15) is 26.8 Å². The van der Waals surface area contributed by atoms with Gasteiger partial charge in [-0.1, -0.05) is 35.9 Å². The second-order valence-corrected chi connectivity index (χ2v) is 10.2. The first kappa shape index (κ1) is 23.7. The van der Waals surface area contributed by atoms with E-state index in [-0.39, 0.29) is 12.5 Å². The van der Waals surface area contributed by atoms with Gasteiger partial charge in [-0.25, -0.2) is 0 Å². The molecule has 5 rings (SSSR count). The van der Waals surface area contributed by atoms with E-state index in [1.807, 2.05) is 59.5 Å². The number of hydrogen-bond donors (Lipinski definition) is 0. The highest BCUT2D eigenvalue weighted by Crippen LogP contribution is 2.31. The summed E-state index contributed by atoms with van der Waals surface area (Å²) in [5.41, 5.74) is 1.84. The molecule has 35 heavy (non-hydrogen) atoms. The Morgan fingerprint density at radius 2 is 2.09 bits per heavy atom. The van der Waals surface area contributed by atoms with Gasteiger partial charge in [-0.05, 0) is 36.1 Å². The van der Waals surface area contributed by atoms with Crippen molar-refractivity contribution in [1.82, 2.24) is 24.9 Å². The molecule has 180 valence electrons. The zero-order valence-corrected chi connectivity index (χ0v) is 21.5. The van der Waals surface area contributed by atoms with Crippen LogP contribution in [0.25, 0.3) is 21.0 Å². The predicted octanol–water partition coefficient (Wildman–Crippen LogP) is 5.51. The summed E-state index contributed by atoms with van der Waals surface area (Å²) in [6, 6.07) is 13.4. The molecule has 0 aliphatic carbocycles. The van der Waals surface area contributed by atoms with Crippen molar-refractivity contribution in [2.45, 2.75) is 20.0 Å². The fourth-order valence-corrected chi connectivity index (χ4v) is 5.67. The molecule has 4 aromatic heterocycles. The minimum atomic E-state index is -0.122. The highest BCUT2D eigenvalue weighted by molar-refractivity contribution is 7.20. The van der Waals surface area contributed by atoms with Crippen molar-refractivity contribution < 1.29 is 13.9 Å². The molecule has 4 heterocycles. The zero-order valence-electron chi connectivity index (χ0n) is 19.1. The molecule has 0 N–H and O–H groups in total. The van der Waals surface area contributed by atoms with Crippen molar-refractivity contribution in [3.63, 3.8) is 0 Å². The molecule has 1 amide bonds. The molecule has 0 unspecified atom stereocenters. The number of aryl methyl sites for hydroxylation is 1. The molecule has 0 aliphatic rings. The fourth-order valence-electron chi connectivity index (χ4n) is 3.70. The zero-order chi connectivity index (χ0) is 24.4. The Morgan fingerprint density at radius 1 is 1.23 bits per heavy atom. The fraction of sp³-hybridized carbons (Fsp3) is 0.250. The van der Waals surface area contributed by atoms with Crippen molar-refractivity contribution in [3.05, 3.63) is 74.9 Å². The number of rotatable bonds is 9. The van der Waals surface area contributed by atoms with Crippen molar-refractivity contribution >= 4 is 50.4 Å². The number of fused-ring (bicyclic) bond motifs is 1. The molecule has 0 saturated carbocycles. The van der Waals surface area contributed by atoms with Crippen LogP contribution in [0.15, 0.2) is 52.3 Å². The van der Waals surface area contributed by atoms with Gasteiger partial charge >= 0.3 is 0 Å². The van der Waals surface area contributed by atoms with Crippen LogP contribution in [0.3, 0.4) is 0 Å². The first-order valence-electron chi connectivity index (χ1n) is 10.9. The van der Waals surface area contributed by atoms with E-state index in [2.05, 4.69) is 15.3 Å². The third kappa shape index (κ3) is 5.01. The summed E-state index contributed by atoms with van der Waals surface area (Å²) in [4.78, 5) is 17.6. The number of hydrogen-bond acceptors (Lipinski definition) is 8. The number of nitrogens with zero attached hydrogens (tertiary/aromatic N) is 5. The van der Waals surface area contributed by atoms with Crippen molar-refractivity contribution in [2.24, 2.45) is 0 Å². The SMILES string of the molecule is COCCN(Cc1nnc(-c2cccs2)o1)C(=O)c1cc2c(C)nn(Cc3ccccc3Cl)c2s1. The average Bonchev–Trinajstić information content (AvgIpc) is 3.64. The Morgan fingerprint density at radius 3 is 2.86 bits per heavy atom. The topological polar surface area (TPSA) is 86.3 Å². The molecule has 0 saturated heterocycles. The van der Waals surface area contributed by atoms with E-state index in [0.29, 0.717) is 41.4 Å². The number of benzene rings is 1. The van der Waals surface area contributed by atoms with Crippen LogP contribution in [0.2, 0.25) is 5.02 Å². The summed E-state index contributed by atoms with van der Waals surface area (Å²) in [6.45, 7) is 3.45. The lowest BCUT2D eigenvalue weighted by Gasteiger charge is -2.19. The molecule has 0 fully saturated rings. The normalized spacial score (nSPS) is 11.4. The minimum absolute atomic E-state index is 0.122. The van der Waals surface area contributed by atoms with E-state index < -0.39 is 0 Å². The first-order valence-corrected chi connectivity index (χ1v) is 13.0. The Hall–Kier alpha value is -3.05. The molecule has 0 aliphatic heterocycles. The van der Waals surface area contributed by atoms with Crippen LogP contribution >= 0.6 is 34.3 Å². The Balaban J connectivity index is 1.40. The molecule has 1 aromatic carbocycles. The maximum Gasteiger partial charge on any atom is 0.264 e. The number of carbonyl (C=O) groups excluding carboxylic acids is 1. The summed E-state index contributed by atoms with van der Waals surface area (Å²) >= 11 is 9.29. The molecular formula is C24H22ClN5O3S2. The number of amides is 1. The van der Waals surface area contributed by atoms with Crippen molar-refractivity contribution in [1.29, 1.82) is 0 Å². The quantitative estimate of drug-likeness (QED) is 0.251. The molecule has 11 heteroatoms. The van der Waals surface area contributed by atoms with E-state index in [1.54, 1.807) is 12.0 Å². The third-order valence-electron chi connectivity index (χ3n) is 5.47. The van der Waals surface area contributed by atoms with Crippen LogP contribution in [-0.4, -0.2) is 51.0 Å². The van der Waals surface area contributed by atoms with Gasteiger partial charge in [-0.15, -0.1) is 32.9 Å². The van der Waals surface area contributed by atoms with E-state index in [9.17, 15) is 4.79 Å². The lowest BCUT2D eigenvalue weighted by atomic mass is 10.2. The van der Waals surface area contributed by atoms with Crippen LogP contribution in [0.5, 0.6) is 0 Å². The van der Waals surface area contributed by atoms with E-state index >= 15 is 0 Å². The van der Waals surface area contributed by atoms with Gasteiger partial charge in [0.1, 0.15) is 4.83 Å². The average molecular weight is 528 g/mol. The summed E-state index contributed by atoms with van der Waals surface area (Å²) in [5, 5.41) is 16.5. The van der Waals surface area contributed by atoms with Crippen LogP contribution in [-0.2, 0) is 17.8 Å². The highest BCUT2D eigenvalue weighted by Gasteiger charge is 2.23. The lowest BCUT2D eigenvalue weighted by Crippen LogP contribution is -2.33. The number of ether oxygens (including phenoxy) is 1. The van der Waals surface area contributed by atoms with E-state index in [0.717, 1.165) is 26.4 Å². The molecule has 5 aromatic rings. The molecular weight excluding hydrogens is 506 g/mol. The number of thiophene rings is 2.